The summed E-state index contributed by atoms with van der Waals surface area (Å²) in [4.78, 5) is 10.7. The maximum atomic E-state index is 12.3. The van der Waals surface area contributed by atoms with Gasteiger partial charge >= 0.3 is 5.97 Å². The van der Waals surface area contributed by atoms with Gasteiger partial charge < -0.3 is 9.84 Å². The molecule has 108 valence electrons. The van der Waals surface area contributed by atoms with Gasteiger partial charge in [0.2, 0.25) is 0 Å². The number of carbonyl (C=O) groups is 1. The predicted octanol–water partition coefficient (Wildman–Crippen LogP) is 2.12. The fourth-order valence-electron chi connectivity index (χ4n) is 1.68. The number of sulfone groups is 1. The van der Waals surface area contributed by atoms with Crippen molar-refractivity contribution in [1.29, 1.82) is 5.26 Å². The summed E-state index contributed by atoms with van der Waals surface area (Å²) in [6.07, 6.45) is 0.0664. The Kier molecular flexibility index (Phi) is 4.98. The highest BCUT2D eigenvalue weighted by Crippen LogP contribution is 2.34. The Morgan fingerprint density at radius 2 is 2.15 bits per heavy atom. The molecule has 0 aliphatic carbocycles. The minimum absolute atomic E-state index is 0.0606. The first-order valence-corrected chi connectivity index (χ1v) is 7.46. The molecule has 1 aromatic carbocycles. The van der Waals surface area contributed by atoms with Gasteiger partial charge in [0.05, 0.1) is 13.2 Å². The minimum Gasteiger partial charge on any atom is -0.494 e. The standard InChI is InChI=1S/C12H12ClNO5S/c1-3-8(6-14)20(17,18)10-5-7(13)4-9(12(15)16)11(10)19-2/h4-5,8H,3H2,1-2H3,(H,15,16). The fourth-order valence-corrected chi connectivity index (χ4v) is 3.59. The van der Waals surface area contributed by atoms with E-state index >= 15 is 0 Å². The number of carboxylic acid groups (broad SMARTS) is 1. The largest absolute Gasteiger partial charge is 0.494 e. The van der Waals surface area contributed by atoms with E-state index in [9.17, 15) is 13.2 Å². The van der Waals surface area contributed by atoms with Crippen molar-refractivity contribution < 1.29 is 23.1 Å². The molecule has 20 heavy (non-hydrogen) atoms. The normalized spacial score (nSPS) is 12.5. The van der Waals surface area contributed by atoms with Gasteiger partial charge in [0, 0.05) is 5.02 Å². The lowest BCUT2D eigenvalue weighted by Crippen LogP contribution is -2.20. The van der Waals surface area contributed by atoms with Crippen LogP contribution in [0.4, 0.5) is 0 Å². The lowest BCUT2D eigenvalue weighted by molar-refractivity contribution is 0.0693. The summed E-state index contributed by atoms with van der Waals surface area (Å²) in [5.41, 5.74) is -0.369. The second-order valence-corrected chi connectivity index (χ2v) is 6.40. The number of hydrogen-bond acceptors (Lipinski definition) is 5. The lowest BCUT2D eigenvalue weighted by Gasteiger charge is -2.14. The van der Waals surface area contributed by atoms with Crippen LogP contribution >= 0.6 is 11.6 Å². The molecule has 0 radical (unpaired) electrons. The Morgan fingerprint density at radius 1 is 1.55 bits per heavy atom. The van der Waals surface area contributed by atoms with Gasteiger partial charge in [-0.25, -0.2) is 13.2 Å². The monoisotopic (exact) mass is 317 g/mol. The molecule has 1 atom stereocenters. The molecule has 0 aromatic heterocycles. The van der Waals surface area contributed by atoms with Crippen LogP contribution in [0, 0.1) is 11.3 Å². The molecule has 0 aliphatic rings. The van der Waals surface area contributed by atoms with Crippen LogP contribution in [0.3, 0.4) is 0 Å². The number of nitriles is 1. The van der Waals surface area contributed by atoms with E-state index < -0.39 is 26.0 Å². The summed E-state index contributed by atoms with van der Waals surface area (Å²) in [5.74, 6) is -1.69. The zero-order chi connectivity index (χ0) is 15.5. The average Bonchev–Trinajstić information content (AvgIpc) is 2.38. The van der Waals surface area contributed by atoms with E-state index in [4.69, 9.17) is 26.7 Å². The molecule has 1 N–H and O–H groups in total. The van der Waals surface area contributed by atoms with Gasteiger partial charge in [-0.05, 0) is 18.6 Å². The van der Waals surface area contributed by atoms with E-state index in [1.54, 1.807) is 13.0 Å². The second-order valence-electron chi connectivity index (χ2n) is 3.86. The van der Waals surface area contributed by atoms with E-state index in [1.165, 1.54) is 0 Å². The highest BCUT2D eigenvalue weighted by atomic mass is 35.5. The molecule has 6 nitrogen and oxygen atoms in total. The third-order valence-electron chi connectivity index (χ3n) is 2.65. The van der Waals surface area contributed by atoms with Gasteiger partial charge in [0.25, 0.3) is 0 Å². The van der Waals surface area contributed by atoms with Crippen LogP contribution in [0.2, 0.25) is 5.02 Å². The number of methoxy groups -OCH3 is 1. The van der Waals surface area contributed by atoms with E-state index in [-0.39, 0.29) is 22.8 Å². The highest BCUT2D eigenvalue weighted by molar-refractivity contribution is 7.92. The van der Waals surface area contributed by atoms with Crippen molar-refractivity contribution in [2.24, 2.45) is 0 Å². The smallest absolute Gasteiger partial charge is 0.339 e. The Morgan fingerprint density at radius 3 is 2.55 bits per heavy atom. The molecule has 0 saturated heterocycles. The van der Waals surface area contributed by atoms with Crippen LogP contribution in [-0.2, 0) is 9.84 Å². The number of halogens is 1. The topological polar surface area (TPSA) is 104 Å². The van der Waals surface area contributed by atoms with E-state index in [1.807, 2.05) is 0 Å². The summed E-state index contributed by atoms with van der Waals surface area (Å²) in [6, 6.07) is 3.85. The van der Waals surface area contributed by atoms with Crippen LogP contribution in [0.25, 0.3) is 0 Å². The number of rotatable bonds is 5. The van der Waals surface area contributed by atoms with Gasteiger partial charge in [-0.15, -0.1) is 0 Å². The second kappa shape index (κ2) is 6.11. The van der Waals surface area contributed by atoms with E-state index in [0.717, 1.165) is 19.2 Å². The minimum atomic E-state index is -4.06. The number of aromatic carboxylic acids is 1. The predicted molar refractivity (Wildman–Crippen MR) is 71.8 cm³/mol. The highest BCUT2D eigenvalue weighted by Gasteiger charge is 2.32. The number of nitrogens with zero attached hydrogens (tertiary/aromatic N) is 1. The van der Waals surface area contributed by atoms with Gasteiger partial charge in [-0.1, -0.05) is 18.5 Å². The van der Waals surface area contributed by atoms with Gasteiger partial charge in [0.1, 0.15) is 10.5 Å². The number of hydrogen-bond donors (Lipinski definition) is 1. The zero-order valence-electron chi connectivity index (χ0n) is 10.8. The Labute approximate surface area is 121 Å². The van der Waals surface area contributed by atoms with Crippen molar-refractivity contribution >= 4 is 27.4 Å². The van der Waals surface area contributed by atoms with Crippen molar-refractivity contribution in [2.45, 2.75) is 23.5 Å². The molecule has 0 saturated carbocycles. The summed E-state index contributed by atoms with van der Waals surface area (Å²) in [6.45, 7) is 1.54. The molecule has 1 aromatic rings. The summed E-state index contributed by atoms with van der Waals surface area (Å²) in [7, 11) is -2.90. The Balaban J connectivity index is 3.69. The average molecular weight is 318 g/mol. The molecule has 0 heterocycles. The SMILES string of the molecule is CCC(C#N)S(=O)(=O)c1cc(Cl)cc(C(=O)O)c1OC. The van der Waals surface area contributed by atoms with E-state index in [2.05, 4.69) is 0 Å². The summed E-state index contributed by atoms with van der Waals surface area (Å²) >= 11 is 5.75. The third-order valence-corrected chi connectivity index (χ3v) is 4.97. The quantitative estimate of drug-likeness (QED) is 0.891. The number of ether oxygens (including phenoxy) is 1. The Hall–Kier alpha value is -1.78. The summed E-state index contributed by atoms with van der Waals surface area (Å²) < 4.78 is 29.6. The first-order chi connectivity index (χ1) is 9.29. The van der Waals surface area contributed by atoms with Crippen LogP contribution < -0.4 is 4.74 Å². The molecule has 0 fully saturated rings. The van der Waals surface area contributed by atoms with Crippen LogP contribution in [0.1, 0.15) is 23.7 Å². The number of carboxylic acids is 1. The zero-order valence-corrected chi connectivity index (χ0v) is 12.3. The Bertz CT molecular complexity index is 678. The van der Waals surface area contributed by atoms with E-state index in [0.29, 0.717) is 0 Å². The van der Waals surface area contributed by atoms with Crippen molar-refractivity contribution in [3.05, 3.63) is 22.7 Å². The summed E-state index contributed by atoms with van der Waals surface area (Å²) in [5, 5.41) is 16.6. The van der Waals surface area contributed by atoms with Crippen molar-refractivity contribution in [2.75, 3.05) is 7.11 Å². The van der Waals surface area contributed by atoms with Crippen LogP contribution in [0.5, 0.6) is 5.75 Å². The maximum Gasteiger partial charge on any atom is 0.339 e. The van der Waals surface area contributed by atoms with Gasteiger partial charge in [-0.2, -0.15) is 5.26 Å². The van der Waals surface area contributed by atoms with Crippen molar-refractivity contribution in [1.82, 2.24) is 0 Å². The first kappa shape index (κ1) is 16.3. The number of benzene rings is 1. The fraction of sp³-hybridized carbons (Fsp3) is 0.333. The third kappa shape index (κ3) is 2.86. The molecule has 0 spiro atoms. The maximum absolute atomic E-state index is 12.3. The molecule has 0 aliphatic heterocycles. The molecular formula is C12H12ClNO5S. The first-order valence-electron chi connectivity index (χ1n) is 5.53. The van der Waals surface area contributed by atoms with Gasteiger partial charge in [0.15, 0.2) is 20.8 Å². The molecule has 0 bridgehead atoms. The lowest BCUT2D eigenvalue weighted by atomic mass is 10.2. The molecule has 0 amide bonds. The van der Waals surface area contributed by atoms with Crippen molar-refractivity contribution in [3.8, 4) is 11.8 Å². The molecular weight excluding hydrogens is 306 g/mol. The molecule has 8 heteroatoms. The molecule has 1 unspecified atom stereocenters. The van der Waals surface area contributed by atoms with Crippen molar-refractivity contribution in [3.63, 3.8) is 0 Å². The van der Waals surface area contributed by atoms with Crippen LogP contribution in [0.15, 0.2) is 17.0 Å². The van der Waals surface area contributed by atoms with Gasteiger partial charge in [-0.3, -0.25) is 0 Å². The molecule has 1 rings (SSSR count). The van der Waals surface area contributed by atoms with Crippen LogP contribution in [-0.4, -0.2) is 31.9 Å².